The van der Waals surface area contributed by atoms with E-state index >= 15 is 0 Å². The van der Waals surface area contributed by atoms with E-state index in [9.17, 15) is 28.4 Å². The van der Waals surface area contributed by atoms with Crippen molar-refractivity contribution >= 4 is 38.7 Å². The number of halogens is 1. The summed E-state index contributed by atoms with van der Waals surface area (Å²) in [6.07, 6.45) is 0. The van der Waals surface area contributed by atoms with Crippen LogP contribution < -0.4 is 10.3 Å². The number of nitro benzene ring substituents is 1. The Balaban J connectivity index is 2.01. The molecule has 3 aromatic rings. The third kappa shape index (κ3) is 5.09. The van der Waals surface area contributed by atoms with E-state index in [4.69, 9.17) is 16.7 Å². The number of aromatic nitrogens is 2. The fourth-order valence-corrected chi connectivity index (χ4v) is 4.05. The van der Waals surface area contributed by atoms with Crippen molar-refractivity contribution in [3.05, 3.63) is 67.6 Å². The molecule has 0 aliphatic heterocycles. The second kappa shape index (κ2) is 9.50. The van der Waals surface area contributed by atoms with Gasteiger partial charge in [-0.3, -0.25) is 20.0 Å². The average molecular weight is 497 g/mol. The molecule has 15 heteroatoms. The number of azo groups is 1. The number of aliphatic hydroxyl groups excluding tert-OH is 1. The summed E-state index contributed by atoms with van der Waals surface area (Å²) in [4.78, 5) is 22.9. The maximum atomic E-state index is 12.9. The van der Waals surface area contributed by atoms with Crippen LogP contribution in [-0.2, 0) is 10.0 Å². The molecule has 0 bridgehead atoms. The summed E-state index contributed by atoms with van der Waals surface area (Å²) >= 11 is 5.82. The quantitative estimate of drug-likeness (QED) is 0.209. The summed E-state index contributed by atoms with van der Waals surface area (Å²) in [5.74, 6) is -0.769. The lowest BCUT2D eigenvalue weighted by Crippen LogP contribution is -2.26. The number of H-pyrrole nitrogens is 1. The normalized spacial score (nSPS) is 11.8. The van der Waals surface area contributed by atoms with Crippen LogP contribution in [0.2, 0.25) is 5.02 Å². The minimum atomic E-state index is -3.91. The standard InChI is InChI=1S/C18H17ClN6O7S/c1-10-16(22-21-14-7-11(19)8-15(17(14)27)25(29)30)18(28)24(23-10)12-3-2-4-13(9-12)33(31,32)20-5-6-26/h2-4,7-9,20,23,26-27H,5-6H2,1H3. The lowest BCUT2D eigenvalue weighted by Gasteiger charge is -2.07. The second-order valence-corrected chi connectivity index (χ2v) is 8.80. The molecule has 0 saturated carbocycles. The van der Waals surface area contributed by atoms with Gasteiger partial charge in [-0.15, -0.1) is 10.2 Å². The summed E-state index contributed by atoms with van der Waals surface area (Å²) in [5, 5.41) is 40.1. The fourth-order valence-electron chi connectivity index (χ4n) is 2.78. The van der Waals surface area contributed by atoms with Crippen LogP contribution >= 0.6 is 11.6 Å². The predicted molar refractivity (Wildman–Crippen MR) is 117 cm³/mol. The molecule has 3 rings (SSSR count). The molecule has 0 unspecified atom stereocenters. The number of rotatable bonds is 8. The Kier molecular flexibility index (Phi) is 6.92. The Morgan fingerprint density at radius 2 is 2.00 bits per heavy atom. The topological polar surface area (TPSA) is 192 Å². The van der Waals surface area contributed by atoms with Crippen molar-refractivity contribution in [2.45, 2.75) is 11.8 Å². The summed E-state index contributed by atoms with van der Waals surface area (Å²) in [5.41, 5.74) is -1.42. The third-order valence-corrected chi connectivity index (χ3v) is 6.00. The van der Waals surface area contributed by atoms with E-state index < -0.39 is 31.9 Å². The number of phenolic OH excluding ortho intramolecular Hbond substituents is 1. The van der Waals surface area contributed by atoms with Crippen molar-refractivity contribution in [3.63, 3.8) is 0 Å². The van der Waals surface area contributed by atoms with Crippen molar-refractivity contribution in [2.75, 3.05) is 13.2 Å². The van der Waals surface area contributed by atoms with Gasteiger partial charge < -0.3 is 10.2 Å². The minimum Gasteiger partial charge on any atom is -0.501 e. The number of hydrogen-bond acceptors (Lipinski definition) is 9. The van der Waals surface area contributed by atoms with Crippen LogP contribution in [0.15, 0.2) is 56.3 Å². The molecule has 4 N–H and O–H groups in total. The van der Waals surface area contributed by atoms with Crippen molar-refractivity contribution in [1.82, 2.24) is 14.5 Å². The van der Waals surface area contributed by atoms with E-state index in [1.54, 1.807) is 0 Å². The number of nitrogens with one attached hydrogen (secondary N) is 2. The Labute approximate surface area is 191 Å². The van der Waals surface area contributed by atoms with E-state index in [1.165, 1.54) is 31.2 Å². The maximum absolute atomic E-state index is 12.9. The van der Waals surface area contributed by atoms with Crippen molar-refractivity contribution in [3.8, 4) is 11.4 Å². The van der Waals surface area contributed by atoms with E-state index in [2.05, 4.69) is 20.0 Å². The zero-order valence-electron chi connectivity index (χ0n) is 16.9. The minimum absolute atomic E-state index is 0.0653. The van der Waals surface area contributed by atoms with Crippen LogP contribution in [0.3, 0.4) is 0 Å². The number of aromatic hydroxyl groups is 1. The molecule has 174 valence electrons. The molecular weight excluding hydrogens is 480 g/mol. The van der Waals surface area contributed by atoms with Crippen LogP contribution in [-0.4, -0.2) is 46.5 Å². The first-order valence-corrected chi connectivity index (χ1v) is 11.0. The largest absolute Gasteiger partial charge is 0.501 e. The van der Waals surface area contributed by atoms with Gasteiger partial charge >= 0.3 is 5.69 Å². The molecule has 1 heterocycles. The van der Waals surface area contributed by atoms with Crippen LogP contribution in [0.5, 0.6) is 5.75 Å². The molecule has 1 aromatic heterocycles. The molecule has 0 aliphatic rings. The van der Waals surface area contributed by atoms with E-state index in [0.29, 0.717) is 0 Å². The fraction of sp³-hybridized carbons (Fsp3) is 0.167. The smallest absolute Gasteiger partial charge is 0.314 e. The third-order valence-electron chi connectivity index (χ3n) is 4.32. The van der Waals surface area contributed by atoms with Gasteiger partial charge in [0.1, 0.15) is 5.69 Å². The van der Waals surface area contributed by atoms with Gasteiger partial charge in [-0.2, -0.15) is 0 Å². The highest BCUT2D eigenvalue weighted by molar-refractivity contribution is 7.89. The Morgan fingerprint density at radius 3 is 2.67 bits per heavy atom. The van der Waals surface area contributed by atoms with Crippen LogP contribution in [0.1, 0.15) is 5.69 Å². The molecular formula is C18H17ClN6O7S. The van der Waals surface area contributed by atoms with Gasteiger partial charge in [-0.25, -0.2) is 17.8 Å². The Morgan fingerprint density at radius 1 is 1.27 bits per heavy atom. The lowest BCUT2D eigenvalue weighted by atomic mass is 10.2. The second-order valence-electron chi connectivity index (χ2n) is 6.59. The van der Waals surface area contributed by atoms with E-state index in [-0.39, 0.29) is 45.8 Å². The number of aryl methyl sites for hydroxylation is 1. The maximum Gasteiger partial charge on any atom is 0.314 e. The first-order valence-electron chi connectivity index (χ1n) is 9.16. The summed E-state index contributed by atoms with van der Waals surface area (Å²) in [6, 6.07) is 7.55. The van der Waals surface area contributed by atoms with Gasteiger partial charge in [-0.05, 0) is 31.2 Å². The summed E-state index contributed by atoms with van der Waals surface area (Å²) in [6.45, 7) is 0.955. The van der Waals surface area contributed by atoms with Gasteiger partial charge in [0.05, 0.1) is 27.8 Å². The molecule has 33 heavy (non-hydrogen) atoms. The lowest BCUT2D eigenvalue weighted by molar-refractivity contribution is -0.385. The number of benzene rings is 2. The first kappa shape index (κ1) is 24.1. The zero-order chi connectivity index (χ0) is 24.3. The first-order chi connectivity index (χ1) is 15.5. The number of aliphatic hydroxyl groups is 1. The molecule has 0 spiro atoms. The van der Waals surface area contributed by atoms with Gasteiger partial charge in [0, 0.05) is 17.6 Å². The average Bonchev–Trinajstić information content (AvgIpc) is 3.06. The van der Waals surface area contributed by atoms with Gasteiger partial charge in [0.15, 0.2) is 5.69 Å². The molecule has 0 aliphatic carbocycles. The van der Waals surface area contributed by atoms with Crippen LogP contribution in [0.25, 0.3) is 5.69 Å². The van der Waals surface area contributed by atoms with Crippen LogP contribution in [0.4, 0.5) is 17.1 Å². The van der Waals surface area contributed by atoms with Gasteiger partial charge in [-0.1, -0.05) is 17.7 Å². The highest BCUT2D eigenvalue weighted by atomic mass is 35.5. The van der Waals surface area contributed by atoms with Gasteiger partial charge in [0.2, 0.25) is 15.8 Å². The number of nitro groups is 1. The van der Waals surface area contributed by atoms with Crippen molar-refractivity contribution in [1.29, 1.82) is 0 Å². The SMILES string of the molecule is Cc1[nH]n(-c2cccc(S(=O)(=O)NCCO)c2)c(=O)c1N=Nc1cc(Cl)cc([N+](=O)[O-])c1O. The van der Waals surface area contributed by atoms with E-state index in [1.807, 2.05) is 0 Å². The molecule has 0 saturated heterocycles. The number of aromatic amines is 1. The van der Waals surface area contributed by atoms with E-state index in [0.717, 1.165) is 16.8 Å². The molecule has 2 aromatic carbocycles. The van der Waals surface area contributed by atoms with Gasteiger partial charge in [0.25, 0.3) is 5.56 Å². The number of sulfonamides is 1. The molecule has 0 fully saturated rings. The molecule has 13 nitrogen and oxygen atoms in total. The Hall–Kier alpha value is -3.59. The number of hydrogen-bond donors (Lipinski definition) is 4. The summed E-state index contributed by atoms with van der Waals surface area (Å²) in [7, 11) is -3.91. The molecule has 0 atom stereocenters. The number of phenols is 1. The summed E-state index contributed by atoms with van der Waals surface area (Å²) < 4.78 is 27.8. The van der Waals surface area contributed by atoms with Crippen molar-refractivity contribution < 1.29 is 23.6 Å². The highest BCUT2D eigenvalue weighted by Crippen LogP contribution is 2.39. The van der Waals surface area contributed by atoms with Crippen molar-refractivity contribution in [2.24, 2.45) is 10.2 Å². The Bertz CT molecular complexity index is 1410. The highest BCUT2D eigenvalue weighted by Gasteiger charge is 2.20. The monoisotopic (exact) mass is 496 g/mol. The predicted octanol–water partition coefficient (Wildman–Crippen LogP) is 2.43. The number of nitrogens with zero attached hydrogens (tertiary/aromatic N) is 4. The van der Waals surface area contributed by atoms with Crippen LogP contribution in [0, 0.1) is 17.0 Å². The molecule has 0 amide bonds. The molecule has 0 radical (unpaired) electrons. The zero-order valence-corrected chi connectivity index (χ0v) is 18.5.